The molecule has 2 unspecified atom stereocenters. The van der Waals surface area contributed by atoms with Gasteiger partial charge in [0.05, 0.1) is 13.2 Å². The van der Waals surface area contributed by atoms with E-state index < -0.39 is 0 Å². The molecule has 0 radical (unpaired) electrons. The first-order valence-corrected chi connectivity index (χ1v) is 10.6. The van der Waals surface area contributed by atoms with E-state index in [1.54, 1.807) is 0 Å². The number of nitrogens with one attached hydrogen (secondary N) is 1. The monoisotopic (exact) mass is 372 g/mol. The molecule has 1 aromatic rings. The molecule has 2 aliphatic heterocycles. The van der Waals surface area contributed by atoms with Gasteiger partial charge in [0, 0.05) is 26.2 Å². The highest BCUT2D eigenvalue weighted by atomic mass is 16.5. The zero-order valence-electron chi connectivity index (χ0n) is 17.3. The van der Waals surface area contributed by atoms with Gasteiger partial charge < -0.3 is 19.9 Å². The third kappa shape index (κ3) is 5.45. The average Bonchev–Trinajstić information content (AvgIpc) is 2.71. The second kappa shape index (κ2) is 10.1. The van der Waals surface area contributed by atoms with Crippen LogP contribution in [-0.4, -0.2) is 68.2 Å². The molecule has 5 nitrogen and oxygen atoms in total. The van der Waals surface area contributed by atoms with Gasteiger partial charge in [-0.15, -0.1) is 0 Å². The van der Waals surface area contributed by atoms with Crippen LogP contribution >= 0.6 is 0 Å². The van der Waals surface area contributed by atoms with Crippen molar-refractivity contribution in [3.05, 3.63) is 35.4 Å². The third-order valence-corrected chi connectivity index (χ3v) is 5.79. The summed E-state index contributed by atoms with van der Waals surface area (Å²) in [7, 11) is 0. The van der Waals surface area contributed by atoms with Gasteiger partial charge in [-0.25, -0.2) is 0 Å². The van der Waals surface area contributed by atoms with Crippen LogP contribution in [0.4, 0.5) is 0 Å². The summed E-state index contributed by atoms with van der Waals surface area (Å²) >= 11 is 0. The number of benzene rings is 1. The van der Waals surface area contributed by atoms with Gasteiger partial charge in [0.25, 0.3) is 0 Å². The predicted molar refractivity (Wildman–Crippen MR) is 112 cm³/mol. The maximum Gasteiger partial charge on any atom is 0.194 e. The summed E-state index contributed by atoms with van der Waals surface area (Å²) in [6.45, 7) is 14.5. The quantitative estimate of drug-likeness (QED) is 0.637. The highest BCUT2D eigenvalue weighted by Gasteiger charge is 2.25. The minimum absolute atomic E-state index is 0.120. The van der Waals surface area contributed by atoms with Crippen LogP contribution in [0, 0.1) is 12.8 Å². The zero-order chi connectivity index (χ0) is 19.1. The summed E-state index contributed by atoms with van der Waals surface area (Å²) in [6.07, 6.45) is 2.72. The van der Waals surface area contributed by atoms with Crippen LogP contribution in [-0.2, 0) is 4.74 Å². The van der Waals surface area contributed by atoms with Crippen molar-refractivity contribution in [2.24, 2.45) is 10.9 Å². The molecule has 2 aliphatic rings. The van der Waals surface area contributed by atoms with Gasteiger partial charge in [-0.1, -0.05) is 31.2 Å². The number of nitrogens with zero attached hydrogens (tertiary/aromatic N) is 3. The Hall–Kier alpha value is -1.59. The van der Waals surface area contributed by atoms with Gasteiger partial charge >= 0.3 is 0 Å². The van der Waals surface area contributed by atoms with Gasteiger partial charge in [0.1, 0.15) is 6.10 Å². The van der Waals surface area contributed by atoms with E-state index in [1.165, 1.54) is 37.1 Å². The molecule has 5 heteroatoms. The molecule has 0 amide bonds. The number of morpholine rings is 1. The van der Waals surface area contributed by atoms with E-state index >= 15 is 0 Å². The number of likely N-dealkylation sites (tertiary alicyclic amines) is 1. The van der Waals surface area contributed by atoms with Crippen LogP contribution in [0.25, 0.3) is 0 Å². The molecule has 2 atom stereocenters. The molecule has 0 spiro atoms. The molecule has 2 saturated heterocycles. The molecule has 2 fully saturated rings. The second-order valence-electron chi connectivity index (χ2n) is 7.76. The molecule has 1 aromatic carbocycles. The van der Waals surface area contributed by atoms with Crippen molar-refractivity contribution in [2.45, 2.75) is 39.7 Å². The van der Waals surface area contributed by atoms with Crippen LogP contribution in [0.5, 0.6) is 0 Å². The summed E-state index contributed by atoms with van der Waals surface area (Å²) in [5, 5.41) is 3.51. The molecule has 0 aliphatic carbocycles. The number of hydrogen-bond donors (Lipinski definition) is 1. The van der Waals surface area contributed by atoms with Crippen molar-refractivity contribution >= 4 is 5.96 Å². The predicted octanol–water partition coefficient (Wildman–Crippen LogP) is 3.07. The summed E-state index contributed by atoms with van der Waals surface area (Å²) in [4.78, 5) is 9.96. The Balaban J connectivity index is 1.65. The van der Waals surface area contributed by atoms with E-state index in [4.69, 9.17) is 9.73 Å². The Kier molecular flexibility index (Phi) is 7.53. The number of rotatable bonds is 5. The summed E-state index contributed by atoms with van der Waals surface area (Å²) in [6, 6.07) is 8.55. The van der Waals surface area contributed by atoms with Gasteiger partial charge in [-0.2, -0.15) is 0 Å². The summed E-state index contributed by atoms with van der Waals surface area (Å²) in [5.74, 6) is 1.73. The lowest BCUT2D eigenvalue weighted by Gasteiger charge is -2.36. The van der Waals surface area contributed by atoms with Crippen LogP contribution in [0.1, 0.15) is 43.9 Å². The minimum Gasteiger partial charge on any atom is -0.370 e. The lowest BCUT2D eigenvalue weighted by atomic mass is 9.98. The first-order chi connectivity index (χ1) is 13.2. The number of guanidine groups is 1. The fraction of sp³-hybridized carbons (Fsp3) is 0.682. The largest absolute Gasteiger partial charge is 0.370 e. The number of ether oxygens (including phenoxy) is 1. The van der Waals surface area contributed by atoms with E-state index in [0.717, 1.165) is 45.3 Å². The fourth-order valence-electron chi connectivity index (χ4n) is 4.21. The summed E-state index contributed by atoms with van der Waals surface area (Å²) in [5.41, 5.74) is 2.59. The molecular formula is C22H36N4O. The minimum atomic E-state index is 0.120. The molecule has 3 rings (SSSR count). The van der Waals surface area contributed by atoms with Gasteiger partial charge in [-0.05, 0) is 56.8 Å². The number of piperidine rings is 1. The lowest BCUT2D eigenvalue weighted by molar-refractivity contribution is -0.00837. The Morgan fingerprint density at radius 3 is 2.85 bits per heavy atom. The van der Waals surface area contributed by atoms with Crippen molar-refractivity contribution in [3.63, 3.8) is 0 Å². The highest BCUT2D eigenvalue weighted by Crippen LogP contribution is 2.25. The van der Waals surface area contributed by atoms with E-state index in [-0.39, 0.29) is 6.10 Å². The van der Waals surface area contributed by atoms with Crippen LogP contribution < -0.4 is 5.32 Å². The highest BCUT2D eigenvalue weighted by molar-refractivity contribution is 5.80. The smallest absolute Gasteiger partial charge is 0.194 e. The van der Waals surface area contributed by atoms with Crippen LogP contribution in [0.15, 0.2) is 29.3 Å². The van der Waals surface area contributed by atoms with E-state index in [0.29, 0.717) is 5.92 Å². The lowest BCUT2D eigenvalue weighted by Crippen LogP contribution is -2.48. The topological polar surface area (TPSA) is 40.1 Å². The maximum atomic E-state index is 6.10. The average molecular weight is 373 g/mol. The summed E-state index contributed by atoms with van der Waals surface area (Å²) < 4.78 is 6.10. The Labute approximate surface area is 164 Å². The fourth-order valence-corrected chi connectivity index (χ4v) is 4.21. The Bertz CT molecular complexity index is 618. The van der Waals surface area contributed by atoms with Crippen LogP contribution in [0.2, 0.25) is 0 Å². The molecule has 2 heterocycles. The van der Waals surface area contributed by atoms with Gasteiger partial charge in [-0.3, -0.25) is 4.99 Å². The molecule has 150 valence electrons. The normalized spacial score (nSPS) is 24.9. The first kappa shape index (κ1) is 20.2. The number of aryl methyl sites for hydroxylation is 1. The van der Waals surface area contributed by atoms with Crippen molar-refractivity contribution in [3.8, 4) is 0 Å². The Morgan fingerprint density at radius 2 is 2.07 bits per heavy atom. The number of aliphatic imine (C=N–C) groups is 1. The van der Waals surface area contributed by atoms with Crippen molar-refractivity contribution in [1.82, 2.24) is 15.1 Å². The van der Waals surface area contributed by atoms with E-state index in [2.05, 4.69) is 60.2 Å². The molecule has 1 N–H and O–H groups in total. The standard InChI is InChI=1S/C22H36N4O/c1-4-23-22(24-15-19-10-8-12-25(5-2)16-19)26-13-14-27-21(17-26)20-11-7-6-9-18(20)3/h6-7,9,11,19,21H,4-5,8,10,12-17H2,1-3H3,(H,23,24). The van der Waals surface area contributed by atoms with Crippen LogP contribution in [0.3, 0.4) is 0 Å². The molecular weight excluding hydrogens is 336 g/mol. The number of hydrogen-bond acceptors (Lipinski definition) is 3. The molecule has 0 bridgehead atoms. The SMILES string of the molecule is CCNC(=NCC1CCCN(CC)C1)N1CCOC(c2ccccc2C)C1. The van der Waals surface area contributed by atoms with E-state index in [9.17, 15) is 0 Å². The molecule has 27 heavy (non-hydrogen) atoms. The molecule has 0 saturated carbocycles. The van der Waals surface area contributed by atoms with Crippen molar-refractivity contribution in [1.29, 1.82) is 0 Å². The maximum absolute atomic E-state index is 6.10. The Morgan fingerprint density at radius 1 is 1.22 bits per heavy atom. The second-order valence-corrected chi connectivity index (χ2v) is 7.76. The van der Waals surface area contributed by atoms with E-state index in [1.807, 2.05) is 0 Å². The van der Waals surface area contributed by atoms with Gasteiger partial charge in [0.2, 0.25) is 0 Å². The zero-order valence-corrected chi connectivity index (χ0v) is 17.3. The van der Waals surface area contributed by atoms with Crippen molar-refractivity contribution in [2.75, 3.05) is 52.4 Å². The molecule has 0 aromatic heterocycles. The van der Waals surface area contributed by atoms with Gasteiger partial charge in [0.15, 0.2) is 5.96 Å². The van der Waals surface area contributed by atoms with Crippen molar-refractivity contribution < 1.29 is 4.74 Å². The first-order valence-electron chi connectivity index (χ1n) is 10.6. The third-order valence-electron chi connectivity index (χ3n) is 5.79.